The number of anilines is 1. The number of aromatic nitrogens is 1. The molecule has 0 radical (unpaired) electrons. The molecule has 2 aromatic rings. The molecule has 0 spiro atoms. The molecule has 6 heteroatoms. The molecule has 0 aliphatic carbocycles. The van der Waals surface area contributed by atoms with Crippen LogP contribution in [0.2, 0.25) is 0 Å². The molecule has 0 aliphatic heterocycles. The molecule has 1 amide bonds. The Balaban J connectivity index is 2.23. The van der Waals surface area contributed by atoms with Gasteiger partial charge in [-0.3, -0.25) is 4.79 Å². The quantitative estimate of drug-likeness (QED) is 0.914. The molecule has 1 N–H and O–H groups in total. The van der Waals surface area contributed by atoms with Crippen molar-refractivity contribution in [1.82, 2.24) is 4.98 Å². The van der Waals surface area contributed by atoms with Crippen LogP contribution in [0, 0.1) is 18.6 Å². The van der Waals surface area contributed by atoms with Crippen LogP contribution in [0.5, 0.6) is 0 Å². The summed E-state index contributed by atoms with van der Waals surface area (Å²) in [6.07, 6.45) is 1.53. The molecule has 0 saturated heterocycles. The molecule has 0 fully saturated rings. The summed E-state index contributed by atoms with van der Waals surface area (Å²) in [7, 11) is 0. The van der Waals surface area contributed by atoms with Gasteiger partial charge < -0.3 is 5.32 Å². The number of hydrogen-bond donors (Lipinski definition) is 1. The summed E-state index contributed by atoms with van der Waals surface area (Å²) in [5.41, 5.74) is 0.647. The summed E-state index contributed by atoms with van der Waals surface area (Å²) < 4.78 is 27.0. The maximum atomic E-state index is 13.4. The average molecular weight is 327 g/mol. The van der Waals surface area contributed by atoms with Crippen LogP contribution in [0.4, 0.5) is 14.6 Å². The van der Waals surface area contributed by atoms with Crippen molar-refractivity contribution in [2.45, 2.75) is 6.92 Å². The predicted molar refractivity (Wildman–Crippen MR) is 71.0 cm³/mol. The van der Waals surface area contributed by atoms with E-state index in [-0.39, 0.29) is 5.56 Å². The van der Waals surface area contributed by atoms with Gasteiger partial charge in [-0.2, -0.15) is 0 Å². The third kappa shape index (κ3) is 3.14. The highest BCUT2D eigenvalue weighted by molar-refractivity contribution is 9.10. The van der Waals surface area contributed by atoms with Crippen LogP contribution in [-0.4, -0.2) is 10.9 Å². The minimum atomic E-state index is -0.911. The smallest absolute Gasteiger partial charge is 0.259 e. The second-order valence-corrected chi connectivity index (χ2v) is 4.75. The van der Waals surface area contributed by atoms with Crippen molar-refractivity contribution in [2.24, 2.45) is 0 Å². The van der Waals surface area contributed by atoms with Gasteiger partial charge in [-0.05, 0) is 46.6 Å². The fourth-order valence-electron chi connectivity index (χ4n) is 1.46. The first kappa shape index (κ1) is 13.6. The maximum Gasteiger partial charge on any atom is 0.259 e. The maximum absolute atomic E-state index is 13.4. The minimum Gasteiger partial charge on any atom is -0.306 e. The molecule has 1 heterocycles. The van der Waals surface area contributed by atoms with Gasteiger partial charge in [0.25, 0.3) is 5.91 Å². The number of amides is 1. The van der Waals surface area contributed by atoms with E-state index in [2.05, 4.69) is 26.2 Å². The summed E-state index contributed by atoms with van der Waals surface area (Å²) in [5, 5.41) is 2.45. The Morgan fingerprint density at radius 3 is 2.68 bits per heavy atom. The first-order valence-electron chi connectivity index (χ1n) is 5.36. The van der Waals surface area contributed by atoms with Crippen LogP contribution in [-0.2, 0) is 0 Å². The molecular weight excluding hydrogens is 318 g/mol. The number of nitrogens with one attached hydrogen (secondary N) is 1. The van der Waals surface area contributed by atoms with E-state index in [1.807, 2.05) is 6.92 Å². The van der Waals surface area contributed by atoms with Crippen LogP contribution in [0.3, 0.4) is 0 Å². The average Bonchev–Trinajstić information content (AvgIpc) is 2.33. The second kappa shape index (κ2) is 5.44. The van der Waals surface area contributed by atoms with Crippen molar-refractivity contribution in [3.63, 3.8) is 0 Å². The monoisotopic (exact) mass is 326 g/mol. The fraction of sp³-hybridized carbons (Fsp3) is 0.0769. The number of rotatable bonds is 2. The summed E-state index contributed by atoms with van der Waals surface area (Å²) in [6.45, 7) is 1.83. The number of aryl methyl sites for hydroxylation is 1. The Labute approximate surface area is 116 Å². The molecular formula is C13H9BrF2N2O. The van der Waals surface area contributed by atoms with E-state index in [1.54, 1.807) is 6.07 Å². The third-order valence-corrected chi connectivity index (χ3v) is 3.29. The van der Waals surface area contributed by atoms with Gasteiger partial charge in [-0.25, -0.2) is 13.8 Å². The lowest BCUT2D eigenvalue weighted by Crippen LogP contribution is -2.15. The molecule has 1 aromatic carbocycles. The van der Waals surface area contributed by atoms with E-state index in [1.165, 1.54) is 6.20 Å². The normalized spacial score (nSPS) is 10.3. The predicted octanol–water partition coefficient (Wildman–Crippen LogP) is 3.68. The molecule has 1 aromatic heterocycles. The molecule has 98 valence electrons. The summed E-state index contributed by atoms with van der Waals surface area (Å²) in [6, 6.07) is 4.42. The zero-order valence-electron chi connectivity index (χ0n) is 9.88. The fourth-order valence-corrected chi connectivity index (χ4v) is 1.68. The van der Waals surface area contributed by atoms with E-state index in [4.69, 9.17) is 0 Å². The standard InChI is InChI=1S/C13H9BrF2N2O/c1-7-4-12(17-6-10(7)14)18-13(19)9-3-2-8(15)5-11(9)16/h2-6H,1H3,(H,17,18,19). The summed E-state index contributed by atoms with van der Waals surface area (Å²) >= 11 is 3.28. The van der Waals surface area contributed by atoms with Crippen molar-refractivity contribution >= 4 is 27.7 Å². The van der Waals surface area contributed by atoms with Crippen molar-refractivity contribution in [3.05, 3.63) is 57.7 Å². The zero-order valence-corrected chi connectivity index (χ0v) is 11.5. The number of nitrogens with zero attached hydrogens (tertiary/aromatic N) is 1. The van der Waals surface area contributed by atoms with Crippen molar-refractivity contribution < 1.29 is 13.6 Å². The van der Waals surface area contributed by atoms with E-state index >= 15 is 0 Å². The lowest BCUT2D eigenvalue weighted by Gasteiger charge is -2.07. The van der Waals surface area contributed by atoms with Gasteiger partial charge in [0.2, 0.25) is 0 Å². The molecule has 0 bridgehead atoms. The molecule has 3 nitrogen and oxygen atoms in total. The SMILES string of the molecule is Cc1cc(NC(=O)c2ccc(F)cc2F)ncc1Br. The van der Waals surface area contributed by atoms with Gasteiger partial charge in [0.1, 0.15) is 17.5 Å². The molecule has 19 heavy (non-hydrogen) atoms. The number of carbonyl (C=O) groups is 1. The highest BCUT2D eigenvalue weighted by Crippen LogP contribution is 2.18. The molecule has 2 rings (SSSR count). The Morgan fingerprint density at radius 2 is 2.05 bits per heavy atom. The van der Waals surface area contributed by atoms with Gasteiger partial charge in [0.15, 0.2) is 0 Å². The lowest BCUT2D eigenvalue weighted by molar-refractivity contribution is 0.102. The lowest BCUT2D eigenvalue weighted by atomic mass is 10.2. The van der Waals surface area contributed by atoms with Crippen molar-refractivity contribution in [2.75, 3.05) is 5.32 Å². The van der Waals surface area contributed by atoms with Crippen LogP contribution in [0.25, 0.3) is 0 Å². The summed E-state index contributed by atoms with van der Waals surface area (Å²) in [4.78, 5) is 15.8. The number of pyridine rings is 1. The Morgan fingerprint density at radius 1 is 1.32 bits per heavy atom. The molecule has 0 unspecified atom stereocenters. The zero-order chi connectivity index (χ0) is 14.0. The number of carbonyl (C=O) groups excluding carboxylic acids is 1. The van der Waals surface area contributed by atoms with Gasteiger partial charge in [0, 0.05) is 16.7 Å². The van der Waals surface area contributed by atoms with Gasteiger partial charge in [-0.15, -0.1) is 0 Å². The van der Waals surface area contributed by atoms with Gasteiger partial charge in [0.05, 0.1) is 5.56 Å². The first-order valence-corrected chi connectivity index (χ1v) is 6.15. The number of benzene rings is 1. The third-order valence-electron chi connectivity index (χ3n) is 2.46. The number of halogens is 3. The second-order valence-electron chi connectivity index (χ2n) is 3.90. The van der Waals surface area contributed by atoms with E-state index in [0.29, 0.717) is 11.9 Å². The molecule has 0 atom stereocenters. The van der Waals surface area contributed by atoms with E-state index in [0.717, 1.165) is 22.2 Å². The van der Waals surface area contributed by atoms with Crippen LogP contribution in [0.15, 0.2) is 34.9 Å². The van der Waals surface area contributed by atoms with Crippen LogP contribution < -0.4 is 5.32 Å². The van der Waals surface area contributed by atoms with Crippen molar-refractivity contribution in [1.29, 1.82) is 0 Å². The largest absolute Gasteiger partial charge is 0.306 e. The van der Waals surface area contributed by atoms with Crippen molar-refractivity contribution in [3.8, 4) is 0 Å². The molecule has 0 saturated carbocycles. The topological polar surface area (TPSA) is 42.0 Å². The van der Waals surface area contributed by atoms with Crippen LogP contribution in [0.1, 0.15) is 15.9 Å². The highest BCUT2D eigenvalue weighted by atomic mass is 79.9. The minimum absolute atomic E-state index is 0.233. The molecule has 0 aliphatic rings. The Bertz CT molecular complexity index is 647. The van der Waals surface area contributed by atoms with Gasteiger partial charge in [-0.1, -0.05) is 0 Å². The number of hydrogen-bond acceptors (Lipinski definition) is 2. The van der Waals surface area contributed by atoms with E-state index in [9.17, 15) is 13.6 Å². The first-order chi connectivity index (χ1) is 8.97. The van der Waals surface area contributed by atoms with E-state index < -0.39 is 17.5 Å². The highest BCUT2D eigenvalue weighted by Gasteiger charge is 2.13. The van der Waals surface area contributed by atoms with Gasteiger partial charge >= 0.3 is 0 Å². The van der Waals surface area contributed by atoms with Crippen LogP contribution >= 0.6 is 15.9 Å². The Hall–Kier alpha value is -1.82. The Kier molecular flexibility index (Phi) is 3.90. The summed E-state index contributed by atoms with van der Waals surface area (Å²) in [5.74, 6) is -2.01.